The number of halogens is 2. The predicted molar refractivity (Wildman–Crippen MR) is 79.1 cm³/mol. The molecule has 1 fully saturated rings. The van der Waals surface area contributed by atoms with Crippen LogP contribution in [0.2, 0.25) is 10.0 Å². The summed E-state index contributed by atoms with van der Waals surface area (Å²) in [5.41, 5.74) is 0.662. The van der Waals surface area contributed by atoms with Crippen LogP contribution in [0.3, 0.4) is 0 Å². The van der Waals surface area contributed by atoms with Crippen LogP contribution in [0.5, 0.6) is 0 Å². The second-order valence-electron chi connectivity index (χ2n) is 4.61. The second-order valence-corrected chi connectivity index (χ2v) is 5.42. The van der Waals surface area contributed by atoms with Gasteiger partial charge in [-0.2, -0.15) is 0 Å². The average molecular weight is 302 g/mol. The number of carbonyl (C=O) groups excluding carboxylic acids is 1. The third-order valence-electron chi connectivity index (χ3n) is 3.25. The molecule has 0 aromatic heterocycles. The number of rotatable bonds is 3. The third kappa shape index (κ3) is 3.53. The van der Waals surface area contributed by atoms with Crippen molar-refractivity contribution >= 4 is 34.9 Å². The fourth-order valence-corrected chi connectivity index (χ4v) is 2.62. The van der Waals surface area contributed by atoms with Crippen molar-refractivity contribution in [3.05, 3.63) is 28.2 Å². The molecule has 1 aromatic rings. The van der Waals surface area contributed by atoms with Gasteiger partial charge in [-0.25, -0.2) is 4.79 Å². The van der Waals surface area contributed by atoms with Crippen LogP contribution < -0.4 is 10.6 Å². The summed E-state index contributed by atoms with van der Waals surface area (Å²) in [6, 6.07) is 5.25. The molecule has 0 radical (unpaired) electrons. The molecule has 0 bridgehead atoms. The number of anilines is 1. The fraction of sp³-hybridized carbons (Fsp3) is 0.462. The van der Waals surface area contributed by atoms with Crippen LogP contribution in [0.25, 0.3) is 0 Å². The van der Waals surface area contributed by atoms with E-state index >= 15 is 0 Å². The summed E-state index contributed by atoms with van der Waals surface area (Å²) in [4.78, 5) is 14.1. The lowest BCUT2D eigenvalue weighted by atomic mass is 10.2. The van der Waals surface area contributed by atoms with Crippen molar-refractivity contribution in [2.24, 2.45) is 0 Å². The van der Waals surface area contributed by atoms with E-state index in [1.807, 2.05) is 11.9 Å². The van der Waals surface area contributed by atoms with Crippen molar-refractivity contribution in [2.75, 3.05) is 25.5 Å². The van der Waals surface area contributed by atoms with Gasteiger partial charge in [0.05, 0.1) is 10.0 Å². The Morgan fingerprint density at radius 3 is 2.89 bits per heavy atom. The molecule has 4 nitrogen and oxygen atoms in total. The van der Waals surface area contributed by atoms with Crippen molar-refractivity contribution in [3.63, 3.8) is 0 Å². The van der Waals surface area contributed by atoms with E-state index in [-0.39, 0.29) is 12.1 Å². The summed E-state index contributed by atoms with van der Waals surface area (Å²) in [6.07, 6.45) is 2.08. The summed E-state index contributed by atoms with van der Waals surface area (Å²) < 4.78 is 0. The lowest BCUT2D eigenvalue weighted by Gasteiger charge is -2.24. The molecule has 0 spiro atoms. The molecule has 0 saturated carbocycles. The number of nitrogens with zero attached hydrogens (tertiary/aromatic N) is 1. The minimum atomic E-state index is -0.0869. The molecule has 1 saturated heterocycles. The minimum Gasteiger partial charge on any atom is -0.320 e. The fourth-order valence-electron chi connectivity index (χ4n) is 2.32. The third-order valence-corrected chi connectivity index (χ3v) is 3.99. The Kier molecular flexibility index (Phi) is 4.91. The zero-order valence-corrected chi connectivity index (χ0v) is 12.3. The van der Waals surface area contributed by atoms with Crippen molar-refractivity contribution in [1.82, 2.24) is 10.2 Å². The van der Waals surface area contributed by atoms with Crippen LogP contribution in [0.4, 0.5) is 10.5 Å². The molecule has 2 amide bonds. The van der Waals surface area contributed by atoms with E-state index in [9.17, 15) is 4.79 Å². The van der Waals surface area contributed by atoms with Crippen LogP contribution in [0.1, 0.15) is 12.8 Å². The summed E-state index contributed by atoms with van der Waals surface area (Å²) in [7, 11) is 1.90. The molecule has 104 valence electrons. The van der Waals surface area contributed by atoms with Crippen molar-refractivity contribution in [3.8, 4) is 0 Å². The van der Waals surface area contributed by atoms with Crippen molar-refractivity contribution in [1.29, 1.82) is 0 Å². The lowest BCUT2D eigenvalue weighted by Crippen LogP contribution is -2.43. The Morgan fingerprint density at radius 2 is 2.21 bits per heavy atom. The Labute approximate surface area is 123 Å². The Bertz CT molecular complexity index is 467. The average Bonchev–Trinajstić information content (AvgIpc) is 2.83. The van der Waals surface area contributed by atoms with Gasteiger partial charge in [-0.05, 0) is 38.1 Å². The number of likely N-dealkylation sites (N-methyl/N-ethyl adjacent to an activating group) is 1. The number of amides is 2. The second kappa shape index (κ2) is 6.46. The molecule has 0 aliphatic carbocycles. The van der Waals surface area contributed by atoms with Gasteiger partial charge in [0, 0.05) is 24.8 Å². The maximum atomic E-state index is 12.2. The van der Waals surface area contributed by atoms with Gasteiger partial charge in [0.15, 0.2) is 0 Å². The predicted octanol–water partition coefficient (Wildman–Crippen LogP) is 3.21. The minimum absolute atomic E-state index is 0.0869. The van der Waals surface area contributed by atoms with Gasteiger partial charge in [0.25, 0.3) is 0 Å². The first-order valence-corrected chi connectivity index (χ1v) is 7.04. The zero-order chi connectivity index (χ0) is 13.8. The van der Waals surface area contributed by atoms with Crippen LogP contribution in [-0.2, 0) is 0 Å². The summed E-state index contributed by atoms with van der Waals surface area (Å²) in [5, 5.41) is 6.89. The number of hydrogen-bond donors (Lipinski definition) is 2. The Hall–Kier alpha value is -0.970. The topological polar surface area (TPSA) is 44.4 Å². The van der Waals surface area contributed by atoms with E-state index in [1.165, 1.54) is 0 Å². The van der Waals surface area contributed by atoms with E-state index in [0.717, 1.165) is 25.9 Å². The quantitative estimate of drug-likeness (QED) is 0.900. The van der Waals surface area contributed by atoms with Gasteiger partial charge in [-0.15, -0.1) is 0 Å². The molecule has 2 rings (SSSR count). The standard InChI is InChI=1S/C13H17Cl2N3O/c1-16-8-10-3-2-6-18(10)13(19)17-9-4-5-11(14)12(15)7-9/h4-5,7,10,16H,2-3,6,8H2,1H3,(H,17,19). The van der Waals surface area contributed by atoms with E-state index in [4.69, 9.17) is 23.2 Å². The summed E-state index contributed by atoms with van der Waals surface area (Å²) >= 11 is 11.8. The van der Waals surface area contributed by atoms with Gasteiger partial charge in [0.1, 0.15) is 0 Å². The number of nitrogens with one attached hydrogen (secondary N) is 2. The highest BCUT2D eigenvalue weighted by atomic mass is 35.5. The SMILES string of the molecule is CNCC1CCCN1C(=O)Nc1ccc(Cl)c(Cl)c1. The van der Waals surface area contributed by atoms with E-state index in [1.54, 1.807) is 18.2 Å². The molecular formula is C13H17Cl2N3O. The highest BCUT2D eigenvalue weighted by Gasteiger charge is 2.28. The molecule has 1 aromatic carbocycles. The molecule has 1 aliphatic heterocycles. The van der Waals surface area contributed by atoms with Gasteiger partial charge in [-0.3, -0.25) is 0 Å². The van der Waals surface area contributed by atoms with E-state index < -0.39 is 0 Å². The zero-order valence-electron chi connectivity index (χ0n) is 10.7. The van der Waals surface area contributed by atoms with Crippen molar-refractivity contribution < 1.29 is 4.79 Å². The van der Waals surface area contributed by atoms with Crippen molar-refractivity contribution in [2.45, 2.75) is 18.9 Å². The van der Waals surface area contributed by atoms with E-state index in [0.29, 0.717) is 15.7 Å². The molecular weight excluding hydrogens is 285 g/mol. The number of urea groups is 1. The Morgan fingerprint density at radius 1 is 1.42 bits per heavy atom. The summed E-state index contributed by atoms with van der Waals surface area (Å²) in [6.45, 7) is 1.61. The maximum absolute atomic E-state index is 12.2. The number of likely N-dealkylation sites (tertiary alicyclic amines) is 1. The molecule has 1 heterocycles. The first kappa shape index (κ1) is 14.4. The summed E-state index contributed by atoms with van der Waals surface area (Å²) in [5.74, 6) is 0. The molecule has 1 aliphatic rings. The monoisotopic (exact) mass is 301 g/mol. The molecule has 2 N–H and O–H groups in total. The van der Waals surface area contributed by atoms with Gasteiger partial charge in [-0.1, -0.05) is 23.2 Å². The number of hydrogen-bond acceptors (Lipinski definition) is 2. The molecule has 1 atom stereocenters. The first-order valence-electron chi connectivity index (χ1n) is 6.29. The molecule has 1 unspecified atom stereocenters. The maximum Gasteiger partial charge on any atom is 0.322 e. The largest absolute Gasteiger partial charge is 0.322 e. The number of benzene rings is 1. The number of carbonyl (C=O) groups is 1. The highest BCUT2D eigenvalue weighted by Crippen LogP contribution is 2.26. The lowest BCUT2D eigenvalue weighted by molar-refractivity contribution is 0.206. The van der Waals surface area contributed by atoms with E-state index in [2.05, 4.69) is 10.6 Å². The van der Waals surface area contributed by atoms with Gasteiger partial charge in [0.2, 0.25) is 0 Å². The normalized spacial score (nSPS) is 18.7. The first-order chi connectivity index (χ1) is 9.11. The van der Waals surface area contributed by atoms with Gasteiger partial charge < -0.3 is 15.5 Å². The molecule has 19 heavy (non-hydrogen) atoms. The van der Waals surface area contributed by atoms with Crippen LogP contribution in [0, 0.1) is 0 Å². The van der Waals surface area contributed by atoms with Crippen LogP contribution in [-0.4, -0.2) is 37.1 Å². The van der Waals surface area contributed by atoms with Crippen LogP contribution >= 0.6 is 23.2 Å². The highest BCUT2D eigenvalue weighted by molar-refractivity contribution is 6.42. The van der Waals surface area contributed by atoms with Crippen LogP contribution in [0.15, 0.2) is 18.2 Å². The van der Waals surface area contributed by atoms with Gasteiger partial charge >= 0.3 is 6.03 Å². The smallest absolute Gasteiger partial charge is 0.320 e. The molecule has 6 heteroatoms. The Balaban J connectivity index is 2.02.